The standard InChI is InChI=1S/C38H32O8/c39-36(31-16-20-33(21-17-31)42-24-28-10-4-1-5-11-28)44-26-35(46-38(41)30-14-8-3-9-15-30)27-45-37(40)32-18-22-34(23-19-32)43-25-29-12-6-2-7-13-29/h1-23,35H,24-27H2. The quantitative estimate of drug-likeness (QED) is 0.0964. The lowest BCUT2D eigenvalue weighted by Crippen LogP contribution is -2.31. The van der Waals surface area contributed by atoms with Gasteiger partial charge in [0.15, 0.2) is 6.10 Å². The van der Waals surface area contributed by atoms with Crippen molar-refractivity contribution in [3.63, 3.8) is 0 Å². The molecule has 0 bridgehead atoms. The van der Waals surface area contributed by atoms with Gasteiger partial charge in [0, 0.05) is 0 Å². The van der Waals surface area contributed by atoms with E-state index in [4.69, 9.17) is 23.7 Å². The van der Waals surface area contributed by atoms with Crippen LogP contribution in [0.4, 0.5) is 0 Å². The Morgan fingerprint density at radius 2 is 0.804 bits per heavy atom. The second kappa shape index (κ2) is 16.3. The van der Waals surface area contributed by atoms with Gasteiger partial charge in [0.1, 0.15) is 37.9 Å². The summed E-state index contributed by atoms with van der Waals surface area (Å²) < 4.78 is 28.0. The molecule has 0 radical (unpaired) electrons. The molecule has 0 atom stereocenters. The second-order valence-electron chi connectivity index (χ2n) is 10.2. The molecule has 0 saturated heterocycles. The highest BCUT2D eigenvalue weighted by molar-refractivity contribution is 5.91. The molecule has 0 aliphatic carbocycles. The lowest BCUT2D eigenvalue weighted by Gasteiger charge is -2.18. The van der Waals surface area contributed by atoms with Crippen molar-refractivity contribution in [2.45, 2.75) is 19.3 Å². The van der Waals surface area contributed by atoms with E-state index in [1.165, 1.54) is 0 Å². The third-order valence-electron chi connectivity index (χ3n) is 6.76. The van der Waals surface area contributed by atoms with Crippen molar-refractivity contribution in [1.82, 2.24) is 0 Å². The summed E-state index contributed by atoms with van der Waals surface area (Å²) in [6.45, 7) is 0.125. The molecule has 8 heteroatoms. The normalized spacial score (nSPS) is 10.5. The van der Waals surface area contributed by atoms with Gasteiger partial charge in [0.2, 0.25) is 0 Å². The maximum absolute atomic E-state index is 12.8. The van der Waals surface area contributed by atoms with E-state index in [0.717, 1.165) is 11.1 Å². The largest absolute Gasteiger partial charge is 0.489 e. The highest BCUT2D eigenvalue weighted by Gasteiger charge is 2.21. The first-order valence-corrected chi connectivity index (χ1v) is 14.7. The molecule has 5 rings (SSSR count). The molecular formula is C38H32O8. The highest BCUT2D eigenvalue weighted by Crippen LogP contribution is 2.17. The zero-order valence-electron chi connectivity index (χ0n) is 25.0. The molecule has 0 N–H and O–H groups in total. The average molecular weight is 617 g/mol. The van der Waals surface area contributed by atoms with Gasteiger partial charge in [-0.1, -0.05) is 78.9 Å². The van der Waals surface area contributed by atoms with E-state index < -0.39 is 24.0 Å². The monoisotopic (exact) mass is 616 g/mol. The number of ether oxygens (including phenoxy) is 5. The van der Waals surface area contributed by atoms with Gasteiger partial charge in [-0.2, -0.15) is 0 Å². The maximum atomic E-state index is 12.8. The third-order valence-corrected chi connectivity index (χ3v) is 6.76. The fraction of sp³-hybridized carbons (Fsp3) is 0.132. The Bertz CT molecular complexity index is 1580. The Morgan fingerprint density at radius 3 is 1.22 bits per heavy atom. The van der Waals surface area contributed by atoms with Crippen LogP contribution in [0.1, 0.15) is 42.2 Å². The molecule has 5 aromatic carbocycles. The minimum atomic E-state index is -1.05. The van der Waals surface area contributed by atoms with Crippen molar-refractivity contribution in [3.05, 3.63) is 167 Å². The van der Waals surface area contributed by atoms with E-state index in [0.29, 0.717) is 30.3 Å². The predicted octanol–water partition coefficient (Wildman–Crippen LogP) is 7.08. The van der Waals surface area contributed by atoms with Gasteiger partial charge >= 0.3 is 17.9 Å². The summed E-state index contributed by atoms with van der Waals surface area (Å²) in [7, 11) is 0. The fourth-order valence-electron chi connectivity index (χ4n) is 4.27. The van der Waals surface area contributed by atoms with Crippen molar-refractivity contribution < 1.29 is 38.1 Å². The van der Waals surface area contributed by atoms with Crippen LogP contribution in [0.3, 0.4) is 0 Å². The molecular weight excluding hydrogens is 584 g/mol. The van der Waals surface area contributed by atoms with Crippen molar-refractivity contribution in [3.8, 4) is 11.5 Å². The SMILES string of the molecule is O=C(OCC(COC(=O)c1ccc(OCc2ccccc2)cc1)OC(=O)c1ccccc1)c1ccc(OCc2ccccc2)cc1. The van der Waals surface area contributed by atoms with Crippen LogP contribution in [-0.2, 0) is 27.4 Å². The minimum absolute atomic E-state index is 0.284. The van der Waals surface area contributed by atoms with Crippen LogP contribution in [0.25, 0.3) is 0 Å². The maximum Gasteiger partial charge on any atom is 0.338 e. The Labute approximate surface area is 267 Å². The first-order valence-electron chi connectivity index (χ1n) is 14.7. The van der Waals surface area contributed by atoms with Gasteiger partial charge in [-0.3, -0.25) is 0 Å². The molecule has 0 saturated carbocycles. The zero-order chi connectivity index (χ0) is 32.0. The Hall–Kier alpha value is -5.89. The first-order chi connectivity index (χ1) is 22.5. The van der Waals surface area contributed by atoms with Crippen molar-refractivity contribution in [2.75, 3.05) is 13.2 Å². The molecule has 0 fully saturated rings. The third kappa shape index (κ3) is 9.56. The molecule has 8 nitrogen and oxygen atoms in total. The molecule has 46 heavy (non-hydrogen) atoms. The molecule has 0 heterocycles. The van der Waals surface area contributed by atoms with E-state index in [9.17, 15) is 14.4 Å². The summed E-state index contributed by atoms with van der Waals surface area (Å²) in [5.74, 6) is -0.714. The first kappa shape index (κ1) is 31.5. The van der Waals surface area contributed by atoms with Gasteiger partial charge < -0.3 is 23.7 Å². The Morgan fingerprint density at radius 1 is 0.435 bits per heavy atom. The van der Waals surface area contributed by atoms with Gasteiger partial charge in [0.05, 0.1) is 16.7 Å². The Kier molecular flexibility index (Phi) is 11.1. The number of hydrogen-bond donors (Lipinski definition) is 0. The molecule has 0 spiro atoms. The van der Waals surface area contributed by atoms with Crippen LogP contribution >= 0.6 is 0 Å². The van der Waals surface area contributed by atoms with E-state index in [-0.39, 0.29) is 24.3 Å². The number of carbonyl (C=O) groups excluding carboxylic acids is 3. The minimum Gasteiger partial charge on any atom is -0.489 e. The summed E-state index contributed by atoms with van der Waals surface area (Å²) in [5, 5.41) is 0. The smallest absolute Gasteiger partial charge is 0.338 e. The summed E-state index contributed by atoms with van der Waals surface area (Å²) >= 11 is 0. The lowest BCUT2D eigenvalue weighted by molar-refractivity contribution is -0.0253. The number of hydrogen-bond acceptors (Lipinski definition) is 8. The van der Waals surface area contributed by atoms with E-state index in [1.807, 2.05) is 60.7 Å². The van der Waals surface area contributed by atoms with Crippen molar-refractivity contribution in [1.29, 1.82) is 0 Å². The second-order valence-corrected chi connectivity index (χ2v) is 10.2. The molecule has 0 aliphatic rings. The molecule has 232 valence electrons. The number of carbonyl (C=O) groups is 3. The van der Waals surface area contributed by atoms with Crippen LogP contribution in [0.2, 0.25) is 0 Å². The van der Waals surface area contributed by atoms with Crippen LogP contribution in [0, 0.1) is 0 Å². The van der Waals surface area contributed by atoms with E-state index in [1.54, 1.807) is 78.9 Å². The average Bonchev–Trinajstić information content (AvgIpc) is 3.12. The summed E-state index contributed by atoms with van der Waals surface area (Å²) in [4.78, 5) is 38.4. The Balaban J connectivity index is 1.15. The summed E-state index contributed by atoms with van der Waals surface area (Å²) in [6, 6.07) is 40.8. The number of rotatable bonds is 14. The molecule has 0 aromatic heterocycles. The van der Waals surface area contributed by atoms with Crippen LogP contribution < -0.4 is 9.47 Å². The summed E-state index contributed by atoms with van der Waals surface area (Å²) in [5.41, 5.74) is 2.92. The molecule has 0 aliphatic heterocycles. The van der Waals surface area contributed by atoms with Gasteiger partial charge in [-0.05, 0) is 71.8 Å². The topological polar surface area (TPSA) is 97.4 Å². The van der Waals surface area contributed by atoms with Crippen LogP contribution in [-0.4, -0.2) is 37.2 Å². The van der Waals surface area contributed by atoms with E-state index in [2.05, 4.69) is 0 Å². The van der Waals surface area contributed by atoms with Crippen LogP contribution in [0.15, 0.2) is 140 Å². The highest BCUT2D eigenvalue weighted by atomic mass is 16.6. The van der Waals surface area contributed by atoms with Crippen LogP contribution in [0.5, 0.6) is 11.5 Å². The number of esters is 3. The number of benzene rings is 5. The molecule has 0 unspecified atom stereocenters. The summed E-state index contributed by atoms with van der Waals surface area (Å²) in [6.07, 6.45) is -1.05. The van der Waals surface area contributed by atoms with Crippen molar-refractivity contribution >= 4 is 17.9 Å². The van der Waals surface area contributed by atoms with E-state index >= 15 is 0 Å². The van der Waals surface area contributed by atoms with Gasteiger partial charge in [-0.25, -0.2) is 14.4 Å². The lowest BCUT2D eigenvalue weighted by atomic mass is 10.2. The zero-order valence-corrected chi connectivity index (χ0v) is 25.0. The molecule has 5 aromatic rings. The van der Waals surface area contributed by atoms with Gasteiger partial charge in [0.25, 0.3) is 0 Å². The fourth-order valence-corrected chi connectivity index (χ4v) is 4.27. The van der Waals surface area contributed by atoms with Crippen molar-refractivity contribution in [2.24, 2.45) is 0 Å². The van der Waals surface area contributed by atoms with Gasteiger partial charge in [-0.15, -0.1) is 0 Å². The predicted molar refractivity (Wildman–Crippen MR) is 171 cm³/mol. The molecule has 0 amide bonds.